The molecular weight excluding hydrogens is 388 g/mol. The minimum Gasteiger partial charge on any atom is -0.422 e. The first-order chi connectivity index (χ1) is 15.0. The van der Waals surface area contributed by atoms with Gasteiger partial charge in [-0.2, -0.15) is 5.10 Å². The Morgan fingerprint density at radius 3 is 2.13 bits per heavy atom. The average Bonchev–Trinajstić information content (AvgIpc) is 2.76. The van der Waals surface area contributed by atoms with Crippen LogP contribution in [-0.2, 0) is 12.5 Å². The van der Waals surface area contributed by atoms with Crippen LogP contribution >= 0.6 is 0 Å². The molecule has 0 amide bonds. The molecular formula is C26H26N2O3. The Balaban J connectivity index is 1.27. The number of rotatable bonds is 3. The van der Waals surface area contributed by atoms with Gasteiger partial charge in [-0.3, -0.25) is 4.79 Å². The third kappa shape index (κ3) is 3.01. The number of nitrogens with zero attached hydrogens (tertiary/aromatic N) is 2. The number of carbonyl (C=O) groups is 1. The molecule has 4 fully saturated rings. The van der Waals surface area contributed by atoms with E-state index in [1.807, 2.05) is 12.1 Å². The van der Waals surface area contributed by atoms with E-state index in [1.54, 1.807) is 31.3 Å². The van der Waals surface area contributed by atoms with Gasteiger partial charge in [0, 0.05) is 12.4 Å². The number of fused-ring (bicyclic) bond motifs is 1. The minimum absolute atomic E-state index is 0.155. The molecule has 1 aromatic heterocycles. The maximum absolute atomic E-state index is 12.9. The normalized spacial score (nSPS) is 28.7. The zero-order valence-corrected chi connectivity index (χ0v) is 17.7. The van der Waals surface area contributed by atoms with E-state index in [1.165, 1.54) is 48.8 Å². The number of esters is 1. The quantitative estimate of drug-likeness (QED) is 0.463. The van der Waals surface area contributed by atoms with Crippen molar-refractivity contribution in [2.45, 2.75) is 43.9 Å². The van der Waals surface area contributed by atoms with Crippen LogP contribution in [-0.4, -0.2) is 15.7 Å². The molecule has 158 valence electrons. The molecule has 4 bridgehead atoms. The zero-order valence-electron chi connectivity index (χ0n) is 17.7. The third-order valence-corrected chi connectivity index (χ3v) is 7.87. The Bertz CT molecular complexity index is 1210. The first-order valence-corrected chi connectivity index (χ1v) is 11.3. The van der Waals surface area contributed by atoms with E-state index in [0.29, 0.717) is 21.9 Å². The van der Waals surface area contributed by atoms with Crippen molar-refractivity contribution in [2.75, 3.05) is 0 Å². The summed E-state index contributed by atoms with van der Waals surface area (Å²) in [6.45, 7) is 0. The van der Waals surface area contributed by atoms with Crippen LogP contribution in [0.3, 0.4) is 0 Å². The van der Waals surface area contributed by atoms with E-state index in [4.69, 9.17) is 4.74 Å². The average molecular weight is 415 g/mol. The smallest absolute Gasteiger partial charge is 0.364 e. The SMILES string of the molecule is Cn1nc(C(=O)Oc2ccc(C34CC5CC(CC(C5)C3)C4)cc2)c2ccccc2c1=O. The second-order valence-corrected chi connectivity index (χ2v) is 9.93. The van der Waals surface area contributed by atoms with E-state index in [-0.39, 0.29) is 11.3 Å². The van der Waals surface area contributed by atoms with Crippen molar-refractivity contribution in [3.05, 3.63) is 70.1 Å². The van der Waals surface area contributed by atoms with Crippen LogP contribution in [0, 0.1) is 17.8 Å². The highest BCUT2D eigenvalue weighted by Crippen LogP contribution is 2.60. The molecule has 3 aromatic rings. The van der Waals surface area contributed by atoms with Gasteiger partial charge < -0.3 is 4.74 Å². The van der Waals surface area contributed by atoms with Gasteiger partial charge in [0.15, 0.2) is 5.69 Å². The predicted molar refractivity (Wildman–Crippen MR) is 118 cm³/mol. The largest absolute Gasteiger partial charge is 0.422 e. The number of aryl methyl sites for hydroxylation is 1. The second-order valence-electron chi connectivity index (χ2n) is 9.93. The molecule has 0 atom stereocenters. The summed E-state index contributed by atoms with van der Waals surface area (Å²) in [6.07, 6.45) is 8.21. The van der Waals surface area contributed by atoms with Gasteiger partial charge in [0.25, 0.3) is 5.56 Å². The Kier molecular flexibility index (Phi) is 4.11. The topological polar surface area (TPSA) is 61.2 Å². The van der Waals surface area contributed by atoms with Gasteiger partial charge in [-0.1, -0.05) is 30.3 Å². The standard InChI is InChI=1S/C26H26N2O3/c1-28-24(29)22-5-3-2-4-21(22)23(27-28)25(30)31-20-8-6-19(7-9-20)26-13-16-10-17(14-26)12-18(11-16)15-26/h2-9,16-18H,10-15H2,1H3. The van der Waals surface area contributed by atoms with Gasteiger partial charge in [0.1, 0.15) is 5.75 Å². The molecule has 5 heteroatoms. The molecule has 7 rings (SSSR count). The molecule has 2 aromatic carbocycles. The maximum atomic E-state index is 12.9. The van der Waals surface area contributed by atoms with Crippen LogP contribution in [0.1, 0.15) is 54.6 Å². The van der Waals surface area contributed by atoms with E-state index in [9.17, 15) is 9.59 Å². The first-order valence-electron chi connectivity index (χ1n) is 11.3. The van der Waals surface area contributed by atoms with Crippen LogP contribution in [0.2, 0.25) is 0 Å². The fraction of sp³-hybridized carbons (Fsp3) is 0.423. The highest BCUT2D eigenvalue weighted by molar-refractivity contribution is 6.02. The Hall–Kier alpha value is -2.95. The molecule has 0 aliphatic heterocycles. The molecule has 4 aliphatic carbocycles. The lowest BCUT2D eigenvalue weighted by molar-refractivity contribution is -0.00519. The molecule has 1 heterocycles. The number of ether oxygens (including phenoxy) is 1. The number of benzene rings is 2. The van der Waals surface area contributed by atoms with Gasteiger partial charge in [0.05, 0.1) is 5.39 Å². The van der Waals surface area contributed by atoms with Crippen molar-refractivity contribution in [1.82, 2.24) is 9.78 Å². The predicted octanol–water partition coefficient (Wildman–Crippen LogP) is 4.62. The summed E-state index contributed by atoms with van der Waals surface area (Å²) in [6, 6.07) is 15.1. The monoisotopic (exact) mass is 414 g/mol. The molecule has 0 radical (unpaired) electrons. The molecule has 0 spiro atoms. The Morgan fingerprint density at radius 1 is 0.935 bits per heavy atom. The van der Waals surface area contributed by atoms with Crippen molar-refractivity contribution >= 4 is 16.7 Å². The first kappa shape index (κ1) is 18.8. The Morgan fingerprint density at radius 2 is 1.52 bits per heavy atom. The van der Waals surface area contributed by atoms with Gasteiger partial charge in [-0.05, 0) is 85.5 Å². The van der Waals surface area contributed by atoms with Gasteiger partial charge in [-0.25, -0.2) is 9.48 Å². The van der Waals surface area contributed by atoms with Crippen LogP contribution in [0.15, 0.2) is 53.3 Å². The summed E-state index contributed by atoms with van der Waals surface area (Å²) in [5.41, 5.74) is 1.65. The lowest BCUT2D eigenvalue weighted by atomic mass is 9.48. The summed E-state index contributed by atoms with van der Waals surface area (Å²) >= 11 is 0. The second kappa shape index (κ2) is 6.78. The van der Waals surface area contributed by atoms with Crippen LogP contribution < -0.4 is 10.3 Å². The van der Waals surface area contributed by atoms with Crippen LogP contribution in [0.25, 0.3) is 10.8 Å². The highest BCUT2D eigenvalue weighted by atomic mass is 16.5. The molecule has 5 nitrogen and oxygen atoms in total. The summed E-state index contributed by atoms with van der Waals surface area (Å²) in [4.78, 5) is 25.2. The summed E-state index contributed by atoms with van der Waals surface area (Å²) < 4.78 is 6.85. The van der Waals surface area contributed by atoms with E-state index >= 15 is 0 Å². The summed E-state index contributed by atoms with van der Waals surface area (Å²) in [7, 11) is 1.55. The molecule has 0 N–H and O–H groups in total. The lowest BCUT2D eigenvalue weighted by Gasteiger charge is -2.57. The van der Waals surface area contributed by atoms with Gasteiger partial charge in [-0.15, -0.1) is 0 Å². The third-order valence-electron chi connectivity index (χ3n) is 7.87. The van der Waals surface area contributed by atoms with Crippen LogP contribution in [0.5, 0.6) is 5.75 Å². The van der Waals surface area contributed by atoms with Crippen molar-refractivity contribution in [2.24, 2.45) is 24.8 Å². The maximum Gasteiger partial charge on any atom is 0.364 e. The Labute approximate surface area is 181 Å². The van der Waals surface area contributed by atoms with Gasteiger partial charge >= 0.3 is 5.97 Å². The van der Waals surface area contributed by atoms with Gasteiger partial charge in [0.2, 0.25) is 0 Å². The van der Waals surface area contributed by atoms with Crippen molar-refractivity contribution < 1.29 is 9.53 Å². The van der Waals surface area contributed by atoms with Crippen molar-refractivity contribution in [3.8, 4) is 5.75 Å². The molecule has 31 heavy (non-hydrogen) atoms. The summed E-state index contributed by atoms with van der Waals surface area (Å²) in [5, 5.41) is 5.15. The number of carbonyl (C=O) groups excluding carboxylic acids is 1. The number of hydrogen-bond acceptors (Lipinski definition) is 4. The summed E-state index contributed by atoms with van der Waals surface area (Å²) in [5.74, 6) is 2.65. The molecule has 4 aliphatic rings. The van der Waals surface area contributed by atoms with Crippen molar-refractivity contribution in [1.29, 1.82) is 0 Å². The molecule has 0 saturated heterocycles. The van der Waals surface area contributed by atoms with Crippen molar-refractivity contribution in [3.63, 3.8) is 0 Å². The van der Waals surface area contributed by atoms with E-state index in [0.717, 1.165) is 17.8 Å². The zero-order chi connectivity index (χ0) is 21.2. The molecule has 0 unspecified atom stereocenters. The van der Waals surface area contributed by atoms with E-state index in [2.05, 4.69) is 17.2 Å². The highest BCUT2D eigenvalue weighted by Gasteiger charge is 2.51. The van der Waals surface area contributed by atoms with Crippen LogP contribution in [0.4, 0.5) is 0 Å². The number of hydrogen-bond donors (Lipinski definition) is 0. The fourth-order valence-corrected chi connectivity index (χ4v) is 6.95. The minimum atomic E-state index is -0.547. The molecule has 4 saturated carbocycles. The van der Waals surface area contributed by atoms with E-state index < -0.39 is 5.97 Å². The lowest BCUT2D eigenvalue weighted by Crippen LogP contribution is -2.48. The fourth-order valence-electron chi connectivity index (χ4n) is 6.95. The number of aromatic nitrogens is 2.